The second kappa shape index (κ2) is 8.82. The van der Waals surface area contributed by atoms with E-state index >= 15 is 0 Å². The van der Waals surface area contributed by atoms with Gasteiger partial charge in [-0.15, -0.1) is 0 Å². The lowest BCUT2D eigenvalue weighted by Gasteiger charge is -2.33. The van der Waals surface area contributed by atoms with Crippen molar-refractivity contribution in [2.45, 2.75) is 20.3 Å². The summed E-state index contributed by atoms with van der Waals surface area (Å²) in [4.78, 5) is 24.0. The molecule has 1 atom stereocenters. The summed E-state index contributed by atoms with van der Waals surface area (Å²) < 4.78 is 0. The minimum Gasteiger partial charge on any atom is -0.354 e. The number of likely N-dealkylation sites (tertiary alicyclic amines) is 1. The Hall–Kier alpha value is -1.66. The molecule has 2 fully saturated rings. The van der Waals surface area contributed by atoms with Crippen molar-refractivity contribution in [3.05, 3.63) is 23.9 Å². The van der Waals surface area contributed by atoms with E-state index in [2.05, 4.69) is 45.9 Å². The molecule has 3 heterocycles. The molecule has 0 spiro atoms. The highest BCUT2D eigenvalue weighted by molar-refractivity contribution is 5.94. The maximum Gasteiger partial charge on any atom is 0.252 e. The lowest BCUT2D eigenvalue weighted by Crippen LogP contribution is -2.44. The molecule has 0 unspecified atom stereocenters. The van der Waals surface area contributed by atoms with E-state index in [0.717, 1.165) is 58.2 Å². The maximum absolute atomic E-state index is 12.4. The lowest BCUT2D eigenvalue weighted by atomic mass is 10.1. The van der Waals surface area contributed by atoms with Gasteiger partial charge in [0.15, 0.2) is 0 Å². The molecule has 2 aliphatic rings. The van der Waals surface area contributed by atoms with E-state index in [4.69, 9.17) is 0 Å². The van der Waals surface area contributed by atoms with Gasteiger partial charge in [-0.1, -0.05) is 13.8 Å². The predicted octanol–water partition coefficient (Wildman–Crippen LogP) is 1.54. The van der Waals surface area contributed by atoms with Crippen LogP contribution in [0.2, 0.25) is 0 Å². The molecule has 2 saturated heterocycles. The highest BCUT2D eigenvalue weighted by atomic mass is 16.1. The third-order valence-electron chi connectivity index (χ3n) is 5.38. The van der Waals surface area contributed by atoms with Crippen LogP contribution >= 0.6 is 0 Å². The summed E-state index contributed by atoms with van der Waals surface area (Å²) in [5.74, 6) is 2.23. The van der Waals surface area contributed by atoms with Crippen molar-refractivity contribution >= 4 is 11.7 Å². The number of piperazine rings is 1. The Balaban J connectivity index is 1.45. The van der Waals surface area contributed by atoms with Gasteiger partial charge in [0.2, 0.25) is 0 Å². The van der Waals surface area contributed by atoms with Gasteiger partial charge >= 0.3 is 0 Å². The van der Waals surface area contributed by atoms with Gasteiger partial charge < -0.3 is 20.0 Å². The van der Waals surface area contributed by atoms with Gasteiger partial charge in [-0.05, 0) is 44.0 Å². The average molecular weight is 360 g/mol. The predicted molar refractivity (Wildman–Crippen MR) is 106 cm³/mol. The number of nitrogens with one attached hydrogen (secondary N) is 1. The SMILES string of the molecule is CC(C)CN1CC[C@@H](CNC(=O)c2ccc(N3CCN(C)CC3)nc2)C1. The summed E-state index contributed by atoms with van der Waals surface area (Å²) >= 11 is 0. The van der Waals surface area contributed by atoms with Gasteiger partial charge in [-0.2, -0.15) is 0 Å². The zero-order valence-corrected chi connectivity index (χ0v) is 16.4. The first-order valence-electron chi connectivity index (χ1n) is 9.91. The number of amides is 1. The first kappa shape index (κ1) is 19.1. The van der Waals surface area contributed by atoms with Crippen LogP contribution in [0, 0.1) is 11.8 Å². The molecular weight excluding hydrogens is 326 g/mol. The molecule has 0 radical (unpaired) electrons. The molecule has 144 valence electrons. The fourth-order valence-electron chi connectivity index (χ4n) is 3.84. The second-order valence-electron chi connectivity index (χ2n) is 8.21. The molecule has 1 N–H and O–H groups in total. The van der Waals surface area contributed by atoms with Gasteiger partial charge in [-0.25, -0.2) is 4.98 Å². The van der Waals surface area contributed by atoms with Crippen LogP contribution in [-0.2, 0) is 0 Å². The molecule has 6 heteroatoms. The van der Waals surface area contributed by atoms with Crippen molar-refractivity contribution < 1.29 is 4.79 Å². The molecule has 26 heavy (non-hydrogen) atoms. The molecule has 2 aliphatic heterocycles. The number of carbonyl (C=O) groups excluding carboxylic acids is 1. The van der Waals surface area contributed by atoms with E-state index in [9.17, 15) is 4.79 Å². The van der Waals surface area contributed by atoms with Crippen LogP contribution < -0.4 is 10.2 Å². The minimum absolute atomic E-state index is 0.00950. The average Bonchev–Trinajstić information content (AvgIpc) is 3.07. The van der Waals surface area contributed by atoms with Crippen LogP contribution in [-0.4, -0.2) is 80.1 Å². The van der Waals surface area contributed by atoms with Crippen molar-refractivity contribution in [3.8, 4) is 0 Å². The Labute approximate surface area is 157 Å². The Morgan fingerprint density at radius 1 is 1.23 bits per heavy atom. The number of rotatable bonds is 6. The van der Waals surface area contributed by atoms with E-state index in [1.54, 1.807) is 6.20 Å². The number of carbonyl (C=O) groups is 1. The van der Waals surface area contributed by atoms with Gasteiger partial charge in [0, 0.05) is 52.0 Å². The first-order chi connectivity index (χ1) is 12.5. The fourth-order valence-corrected chi connectivity index (χ4v) is 3.84. The van der Waals surface area contributed by atoms with E-state index in [-0.39, 0.29) is 5.91 Å². The number of pyridine rings is 1. The summed E-state index contributed by atoms with van der Waals surface area (Å²) in [6.07, 6.45) is 2.89. The molecule has 3 rings (SSSR count). The summed E-state index contributed by atoms with van der Waals surface area (Å²) in [6, 6.07) is 3.87. The van der Waals surface area contributed by atoms with Crippen molar-refractivity contribution in [3.63, 3.8) is 0 Å². The molecule has 0 saturated carbocycles. The number of likely N-dealkylation sites (N-methyl/N-ethyl adjacent to an activating group) is 1. The molecule has 6 nitrogen and oxygen atoms in total. The largest absolute Gasteiger partial charge is 0.354 e. The van der Waals surface area contributed by atoms with Crippen molar-refractivity contribution in [2.24, 2.45) is 11.8 Å². The maximum atomic E-state index is 12.4. The Kier molecular flexibility index (Phi) is 6.48. The quantitative estimate of drug-likeness (QED) is 0.835. The summed E-state index contributed by atoms with van der Waals surface area (Å²) in [7, 11) is 2.14. The van der Waals surface area contributed by atoms with Crippen LogP contribution in [0.15, 0.2) is 18.3 Å². The van der Waals surface area contributed by atoms with Crippen LogP contribution in [0.25, 0.3) is 0 Å². The zero-order chi connectivity index (χ0) is 18.5. The van der Waals surface area contributed by atoms with Crippen LogP contribution in [0.1, 0.15) is 30.6 Å². The summed E-state index contributed by atoms with van der Waals surface area (Å²) in [5.41, 5.74) is 0.653. The van der Waals surface area contributed by atoms with E-state index < -0.39 is 0 Å². The molecular formula is C20H33N5O. The van der Waals surface area contributed by atoms with E-state index in [1.807, 2.05) is 12.1 Å². The highest BCUT2D eigenvalue weighted by Crippen LogP contribution is 2.17. The third kappa shape index (κ3) is 5.17. The van der Waals surface area contributed by atoms with Gasteiger partial charge in [-0.3, -0.25) is 4.79 Å². The van der Waals surface area contributed by atoms with Crippen LogP contribution in [0.4, 0.5) is 5.82 Å². The van der Waals surface area contributed by atoms with Crippen molar-refractivity contribution in [1.29, 1.82) is 0 Å². The second-order valence-corrected chi connectivity index (χ2v) is 8.21. The van der Waals surface area contributed by atoms with Gasteiger partial charge in [0.25, 0.3) is 5.91 Å². The molecule has 1 amide bonds. The molecule has 1 aromatic heterocycles. The number of nitrogens with zero attached hydrogens (tertiary/aromatic N) is 4. The lowest BCUT2D eigenvalue weighted by molar-refractivity contribution is 0.0947. The van der Waals surface area contributed by atoms with Gasteiger partial charge in [0.1, 0.15) is 5.82 Å². The Morgan fingerprint density at radius 2 is 2.00 bits per heavy atom. The van der Waals surface area contributed by atoms with Crippen LogP contribution in [0.3, 0.4) is 0 Å². The molecule has 0 aliphatic carbocycles. The standard InChI is InChI=1S/C20H33N5O/c1-16(2)14-24-7-6-17(15-24)12-22-20(26)18-4-5-19(21-13-18)25-10-8-23(3)9-11-25/h4-5,13,16-17H,6-12,14-15H2,1-3H3,(H,22,26)/t17-/m0/s1. The normalized spacial score (nSPS) is 22.2. The van der Waals surface area contributed by atoms with E-state index in [0.29, 0.717) is 17.4 Å². The molecule has 0 aromatic carbocycles. The number of anilines is 1. The topological polar surface area (TPSA) is 51.7 Å². The fraction of sp³-hybridized carbons (Fsp3) is 0.700. The number of aromatic nitrogens is 1. The van der Waals surface area contributed by atoms with Gasteiger partial charge in [0.05, 0.1) is 5.56 Å². The number of hydrogen-bond donors (Lipinski definition) is 1. The monoisotopic (exact) mass is 359 g/mol. The molecule has 0 bridgehead atoms. The zero-order valence-electron chi connectivity index (χ0n) is 16.4. The van der Waals surface area contributed by atoms with Crippen molar-refractivity contribution in [1.82, 2.24) is 20.1 Å². The smallest absolute Gasteiger partial charge is 0.252 e. The summed E-state index contributed by atoms with van der Waals surface area (Å²) in [6.45, 7) is 12.8. The first-order valence-corrected chi connectivity index (χ1v) is 9.91. The summed E-state index contributed by atoms with van der Waals surface area (Å²) in [5, 5.41) is 3.09. The Bertz CT molecular complexity index is 580. The minimum atomic E-state index is -0.00950. The van der Waals surface area contributed by atoms with Crippen LogP contribution in [0.5, 0.6) is 0 Å². The number of hydrogen-bond acceptors (Lipinski definition) is 5. The van der Waals surface area contributed by atoms with Crippen molar-refractivity contribution in [2.75, 3.05) is 64.3 Å². The molecule has 1 aromatic rings. The van der Waals surface area contributed by atoms with E-state index in [1.165, 1.54) is 6.42 Å². The third-order valence-corrected chi connectivity index (χ3v) is 5.38. The highest BCUT2D eigenvalue weighted by Gasteiger charge is 2.23. The Morgan fingerprint density at radius 3 is 2.65 bits per heavy atom.